The molecule has 0 aromatic heterocycles. The minimum atomic E-state index is -0.0845. The van der Waals surface area contributed by atoms with Crippen LogP contribution in [0.1, 0.15) is 12.0 Å². The zero-order valence-corrected chi connectivity index (χ0v) is 10.7. The van der Waals surface area contributed by atoms with Gasteiger partial charge in [0, 0.05) is 12.5 Å². The Balaban J connectivity index is 1.49. The van der Waals surface area contributed by atoms with E-state index in [0.29, 0.717) is 13.0 Å². The third-order valence-electron chi connectivity index (χ3n) is 3.67. The lowest BCUT2D eigenvalue weighted by Crippen LogP contribution is -2.37. The number of hydrogen-bond acceptors (Lipinski definition) is 3. The fourth-order valence-corrected chi connectivity index (χ4v) is 2.63. The highest BCUT2D eigenvalue weighted by molar-refractivity contribution is 5.81. The van der Waals surface area contributed by atoms with Gasteiger partial charge in [0.2, 0.25) is 5.91 Å². The van der Waals surface area contributed by atoms with Crippen LogP contribution < -0.4 is 15.8 Å². The van der Waals surface area contributed by atoms with Gasteiger partial charge in [0.1, 0.15) is 11.9 Å². The van der Waals surface area contributed by atoms with Crippen molar-refractivity contribution in [3.05, 3.63) is 42.0 Å². The van der Waals surface area contributed by atoms with Gasteiger partial charge in [-0.2, -0.15) is 0 Å². The summed E-state index contributed by atoms with van der Waals surface area (Å²) in [7, 11) is 0. The Bertz CT molecular complexity index is 488. The molecule has 1 aliphatic heterocycles. The lowest BCUT2D eigenvalue weighted by Gasteiger charge is -2.14. The first-order chi connectivity index (χ1) is 9.22. The highest BCUT2D eigenvalue weighted by Crippen LogP contribution is 2.27. The predicted molar refractivity (Wildman–Crippen MR) is 72.8 cm³/mol. The quantitative estimate of drug-likeness (QED) is 0.795. The lowest BCUT2D eigenvalue weighted by molar-refractivity contribution is -0.123. The SMILES string of the molecule is NC1C=CC(C(=O)NCC2Cc3ccccc3O2)C1. The molecule has 3 rings (SSSR count). The third-order valence-corrected chi connectivity index (χ3v) is 3.67. The molecule has 1 aromatic rings. The van der Waals surface area contributed by atoms with Gasteiger partial charge in [-0.25, -0.2) is 0 Å². The number of ether oxygens (including phenoxy) is 1. The Labute approximate surface area is 112 Å². The van der Waals surface area contributed by atoms with Gasteiger partial charge in [-0.15, -0.1) is 0 Å². The molecule has 100 valence electrons. The molecule has 4 nitrogen and oxygen atoms in total. The molecule has 1 heterocycles. The fraction of sp³-hybridized carbons (Fsp3) is 0.400. The first-order valence-electron chi connectivity index (χ1n) is 6.68. The molecule has 19 heavy (non-hydrogen) atoms. The zero-order valence-electron chi connectivity index (χ0n) is 10.7. The molecule has 2 aliphatic rings. The summed E-state index contributed by atoms with van der Waals surface area (Å²) < 4.78 is 5.78. The van der Waals surface area contributed by atoms with E-state index in [1.165, 1.54) is 5.56 Å². The summed E-state index contributed by atoms with van der Waals surface area (Å²) >= 11 is 0. The van der Waals surface area contributed by atoms with E-state index in [9.17, 15) is 4.79 Å². The summed E-state index contributed by atoms with van der Waals surface area (Å²) in [6, 6.07) is 8.02. The maximum Gasteiger partial charge on any atom is 0.227 e. The van der Waals surface area contributed by atoms with Crippen LogP contribution in [-0.2, 0) is 11.2 Å². The highest BCUT2D eigenvalue weighted by Gasteiger charge is 2.26. The summed E-state index contributed by atoms with van der Waals surface area (Å²) in [6.07, 6.45) is 5.39. The second-order valence-corrected chi connectivity index (χ2v) is 5.19. The van der Waals surface area contributed by atoms with Gasteiger partial charge in [-0.3, -0.25) is 4.79 Å². The number of para-hydroxylation sites is 1. The Morgan fingerprint density at radius 3 is 2.95 bits per heavy atom. The van der Waals surface area contributed by atoms with Gasteiger partial charge in [0.15, 0.2) is 0 Å². The summed E-state index contributed by atoms with van der Waals surface area (Å²) in [6.45, 7) is 0.549. The molecule has 3 atom stereocenters. The standard InChI is InChI=1S/C15H18N2O2/c16-12-6-5-11(7-12)15(18)17-9-13-8-10-3-1-2-4-14(10)19-13/h1-6,11-13H,7-9,16H2,(H,17,18). The van der Waals surface area contributed by atoms with Crippen LogP contribution in [0.5, 0.6) is 5.75 Å². The number of rotatable bonds is 3. The monoisotopic (exact) mass is 258 g/mol. The molecular formula is C15H18N2O2. The molecule has 1 amide bonds. The first-order valence-corrected chi connectivity index (χ1v) is 6.68. The number of nitrogens with one attached hydrogen (secondary N) is 1. The van der Waals surface area contributed by atoms with Gasteiger partial charge in [0.25, 0.3) is 0 Å². The van der Waals surface area contributed by atoms with E-state index in [-0.39, 0.29) is 24.0 Å². The maximum absolute atomic E-state index is 11.9. The number of fused-ring (bicyclic) bond motifs is 1. The van der Waals surface area contributed by atoms with Gasteiger partial charge < -0.3 is 15.8 Å². The molecule has 4 heteroatoms. The number of benzene rings is 1. The van der Waals surface area contributed by atoms with Crippen molar-refractivity contribution in [2.75, 3.05) is 6.54 Å². The Morgan fingerprint density at radius 2 is 2.21 bits per heavy atom. The lowest BCUT2D eigenvalue weighted by atomic mass is 10.1. The van der Waals surface area contributed by atoms with Crippen LogP contribution in [-0.4, -0.2) is 24.6 Å². The van der Waals surface area contributed by atoms with E-state index in [0.717, 1.165) is 12.2 Å². The third kappa shape index (κ3) is 2.63. The van der Waals surface area contributed by atoms with Crippen LogP contribution in [0.25, 0.3) is 0 Å². The molecule has 0 saturated heterocycles. The average Bonchev–Trinajstić information content (AvgIpc) is 3.01. The van der Waals surface area contributed by atoms with Crippen molar-refractivity contribution in [2.45, 2.75) is 25.0 Å². The molecule has 3 N–H and O–H groups in total. The molecule has 0 spiro atoms. The highest BCUT2D eigenvalue weighted by atomic mass is 16.5. The van der Waals surface area contributed by atoms with Crippen molar-refractivity contribution in [1.29, 1.82) is 0 Å². The van der Waals surface area contributed by atoms with Crippen LogP contribution in [0.15, 0.2) is 36.4 Å². The molecule has 1 aromatic carbocycles. The first kappa shape index (κ1) is 12.2. The summed E-state index contributed by atoms with van der Waals surface area (Å²) in [5.74, 6) is 0.895. The average molecular weight is 258 g/mol. The Hall–Kier alpha value is -1.81. The van der Waals surface area contributed by atoms with Crippen LogP contribution in [0.3, 0.4) is 0 Å². The number of hydrogen-bond donors (Lipinski definition) is 2. The molecule has 0 bridgehead atoms. The van der Waals surface area contributed by atoms with E-state index in [1.54, 1.807) is 0 Å². The molecule has 0 saturated carbocycles. The van der Waals surface area contributed by atoms with E-state index >= 15 is 0 Å². The number of amides is 1. The Kier molecular flexibility index (Phi) is 3.25. The van der Waals surface area contributed by atoms with Crippen LogP contribution in [0, 0.1) is 5.92 Å². The van der Waals surface area contributed by atoms with Crippen molar-refractivity contribution in [2.24, 2.45) is 11.7 Å². The summed E-state index contributed by atoms with van der Waals surface area (Å²) in [4.78, 5) is 11.9. The van der Waals surface area contributed by atoms with Crippen molar-refractivity contribution >= 4 is 5.91 Å². The van der Waals surface area contributed by atoms with Gasteiger partial charge in [-0.05, 0) is 18.1 Å². The summed E-state index contributed by atoms with van der Waals surface area (Å²) in [5, 5.41) is 2.95. The van der Waals surface area contributed by atoms with Crippen LogP contribution in [0.4, 0.5) is 0 Å². The van der Waals surface area contributed by atoms with Crippen LogP contribution >= 0.6 is 0 Å². The molecule has 3 unspecified atom stereocenters. The predicted octanol–water partition coefficient (Wildman–Crippen LogP) is 1.01. The smallest absolute Gasteiger partial charge is 0.227 e. The van der Waals surface area contributed by atoms with E-state index in [4.69, 9.17) is 10.5 Å². The number of carbonyl (C=O) groups is 1. The normalized spacial score (nSPS) is 27.9. The fourth-order valence-electron chi connectivity index (χ4n) is 2.63. The molecular weight excluding hydrogens is 240 g/mol. The van der Waals surface area contributed by atoms with Crippen molar-refractivity contribution < 1.29 is 9.53 Å². The topological polar surface area (TPSA) is 64.4 Å². The maximum atomic E-state index is 11.9. The van der Waals surface area contributed by atoms with E-state index in [1.807, 2.05) is 30.4 Å². The second-order valence-electron chi connectivity index (χ2n) is 5.19. The van der Waals surface area contributed by atoms with Gasteiger partial charge in [-0.1, -0.05) is 30.4 Å². The van der Waals surface area contributed by atoms with Gasteiger partial charge in [0.05, 0.1) is 12.5 Å². The largest absolute Gasteiger partial charge is 0.488 e. The zero-order chi connectivity index (χ0) is 13.2. The molecule has 0 fully saturated rings. The van der Waals surface area contributed by atoms with Crippen molar-refractivity contribution in [3.8, 4) is 5.75 Å². The Morgan fingerprint density at radius 1 is 1.37 bits per heavy atom. The van der Waals surface area contributed by atoms with Gasteiger partial charge >= 0.3 is 0 Å². The minimum absolute atomic E-state index is 0.0164. The number of nitrogens with two attached hydrogens (primary N) is 1. The van der Waals surface area contributed by atoms with Crippen molar-refractivity contribution in [3.63, 3.8) is 0 Å². The minimum Gasteiger partial charge on any atom is -0.488 e. The number of carbonyl (C=O) groups excluding carboxylic acids is 1. The molecule has 0 radical (unpaired) electrons. The van der Waals surface area contributed by atoms with E-state index < -0.39 is 0 Å². The van der Waals surface area contributed by atoms with Crippen LogP contribution in [0.2, 0.25) is 0 Å². The van der Waals surface area contributed by atoms with Crippen molar-refractivity contribution in [1.82, 2.24) is 5.32 Å². The summed E-state index contributed by atoms with van der Waals surface area (Å²) in [5.41, 5.74) is 6.96. The molecule has 1 aliphatic carbocycles. The second kappa shape index (κ2) is 5.05. The van der Waals surface area contributed by atoms with E-state index in [2.05, 4.69) is 11.4 Å².